The number of benzene rings is 3. The van der Waals surface area contributed by atoms with Crippen molar-refractivity contribution in [2.45, 2.75) is 19.0 Å². The Morgan fingerprint density at radius 3 is 2.11 bits per heavy atom. The number of nitrogens with one attached hydrogen (secondary N) is 2. The van der Waals surface area contributed by atoms with E-state index < -0.39 is 0 Å². The van der Waals surface area contributed by atoms with Crippen LogP contribution in [-0.4, -0.2) is 39.4 Å². The standard InChI is InChI=1S/C26H25N5O3S/c1-17-4-8-20(9-5-17)25(33)29-27-23(32)16-35-26-30-28-24(19-10-14-22(34-3)15-11-19)31(26)21-12-6-18(2)7-13-21/h4-15H,16H2,1-3H3,(H,27,32)(H,29,33). The van der Waals surface area contributed by atoms with Crippen molar-refractivity contribution < 1.29 is 14.3 Å². The van der Waals surface area contributed by atoms with Crippen LogP contribution in [0.3, 0.4) is 0 Å². The zero-order valence-electron chi connectivity index (χ0n) is 19.6. The second-order valence-electron chi connectivity index (χ2n) is 7.86. The number of methoxy groups -OCH3 is 1. The lowest BCUT2D eigenvalue weighted by atomic mass is 10.1. The van der Waals surface area contributed by atoms with Gasteiger partial charge in [0.15, 0.2) is 11.0 Å². The third-order valence-electron chi connectivity index (χ3n) is 5.24. The van der Waals surface area contributed by atoms with Crippen LogP contribution >= 0.6 is 11.8 Å². The summed E-state index contributed by atoms with van der Waals surface area (Å²) in [4.78, 5) is 24.7. The zero-order chi connectivity index (χ0) is 24.8. The molecule has 0 saturated carbocycles. The van der Waals surface area contributed by atoms with Gasteiger partial charge >= 0.3 is 0 Å². The van der Waals surface area contributed by atoms with E-state index in [4.69, 9.17) is 4.74 Å². The number of rotatable bonds is 7. The van der Waals surface area contributed by atoms with Gasteiger partial charge in [-0.1, -0.05) is 47.2 Å². The first-order valence-corrected chi connectivity index (χ1v) is 11.9. The number of thioether (sulfide) groups is 1. The van der Waals surface area contributed by atoms with Crippen molar-refractivity contribution in [2.24, 2.45) is 0 Å². The Morgan fingerprint density at radius 2 is 1.49 bits per heavy atom. The largest absolute Gasteiger partial charge is 0.497 e. The Labute approximate surface area is 207 Å². The van der Waals surface area contributed by atoms with Gasteiger partial charge < -0.3 is 4.74 Å². The fourth-order valence-electron chi connectivity index (χ4n) is 3.29. The Morgan fingerprint density at radius 1 is 0.857 bits per heavy atom. The zero-order valence-corrected chi connectivity index (χ0v) is 20.4. The maximum Gasteiger partial charge on any atom is 0.269 e. The number of hydrogen-bond acceptors (Lipinski definition) is 6. The Bertz CT molecular complexity index is 1320. The molecule has 0 aliphatic rings. The monoisotopic (exact) mass is 487 g/mol. The van der Waals surface area contributed by atoms with E-state index in [2.05, 4.69) is 21.0 Å². The highest BCUT2D eigenvalue weighted by molar-refractivity contribution is 7.99. The van der Waals surface area contributed by atoms with Gasteiger partial charge in [-0.05, 0) is 62.4 Å². The minimum absolute atomic E-state index is 0.0424. The topological polar surface area (TPSA) is 98.1 Å². The first-order chi connectivity index (χ1) is 16.9. The summed E-state index contributed by atoms with van der Waals surface area (Å²) in [6.45, 7) is 3.96. The number of aromatic nitrogens is 3. The van der Waals surface area contributed by atoms with E-state index in [-0.39, 0.29) is 17.6 Å². The van der Waals surface area contributed by atoms with Gasteiger partial charge in [-0.15, -0.1) is 10.2 Å². The molecule has 8 nitrogen and oxygen atoms in total. The molecule has 2 N–H and O–H groups in total. The van der Waals surface area contributed by atoms with Gasteiger partial charge in [0.1, 0.15) is 5.75 Å². The van der Waals surface area contributed by atoms with Crippen LogP contribution < -0.4 is 15.6 Å². The minimum Gasteiger partial charge on any atom is -0.497 e. The summed E-state index contributed by atoms with van der Waals surface area (Å²) in [5.74, 6) is 0.690. The van der Waals surface area contributed by atoms with Crippen LogP contribution in [0.15, 0.2) is 78.0 Å². The Hall–Kier alpha value is -4.11. The molecule has 0 saturated heterocycles. The highest BCUT2D eigenvalue weighted by atomic mass is 32.2. The summed E-state index contributed by atoms with van der Waals surface area (Å²) in [6, 6.07) is 22.6. The molecule has 9 heteroatoms. The van der Waals surface area contributed by atoms with E-state index in [1.165, 1.54) is 11.8 Å². The van der Waals surface area contributed by atoms with E-state index in [1.54, 1.807) is 19.2 Å². The number of aryl methyl sites for hydroxylation is 2. The fourth-order valence-corrected chi connectivity index (χ4v) is 4.04. The average Bonchev–Trinajstić information content (AvgIpc) is 3.31. The SMILES string of the molecule is COc1ccc(-c2nnc(SCC(=O)NNC(=O)c3ccc(C)cc3)n2-c2ccc(C)cc2)cc1. The smallest absolute Gasteiger partial charge is 0.269 e. The highest BCUT2D eigenvalue weighted by Gasteiger charge is 2.18. The maximum atomic E-state index is 12.4. The molecule has 1 aromatic heterocycles. The molecule has 0 unspecified atom stereocenters. The lowest BCUT2D eigenvalue weighted by Crippen LogP contribution is -2.42. The maximum absolute atomic E-state index is 12.4. The molecular weight excluding hydrogens is 462 g/mol. The highest BCUT2D eigenvalue weighted by Crippen LogP contribution is 2.29. The minimum atomic E-state index is -0.382. The Kier molecular flexibility index (Phi) is 7.47. The summed E-state index contributed by atoms with van der Waals surface area (Å²) < 4.78 is 7.16. The van der Waals surface area contributed by atoms with Crippen LogP contribution in [0.5, 0.6) is 5.75 Å². The molecule has 0 aliphatic heterocycles. The van der Waals surface area contributed by atoms with E-state index >= 15 is 0 Å². The predicted molar refractivity (Wildman–Crippen MR) is 136 cm³/mol. The van der Waals surface area contributed by atoms with Crippen LogP contribution in [0, 0.1) is 13.8 Å². The normalized spacial score (nSPS) is 10.6. The lowest BCUT2D eigenvalue weighted by molar-refractivity contribution is -0.119. The van der Waals surface area contributed by atoms with Gasteiger partial charge in [-0.3, -0.25) is 25.0 Å². The third kappa shape index (κ3) is 5.88. The summed E-state index contributed by atoms with van der Waals surface area (Å²) in [5, 5.41) is 9.28. The first kappa shape index (κ1) is 24.0. The number of amides is 2. The molecule has 0 fully saturated rings. The van der Waals surface area contributed by atoms with Crippen LogP contribution in [-0.2, 0) is 4.79 Å². The molecule has 0 aliphatic carbocycles. The van der Waals surface area contributed by atoms with Gasteiger partial charge in [0.05, 0.1) is 12.9 Å². The molecule has 0 atom stereocenters. The van der Waals surface area contributed by atoms with Gasteiger partial charge in [0.25, 0.3) is 5.91 Å². The summed E-state index contributed by atoms with van der Waals surface area (Å²) >= 11 is 1.23. The van der Waals surface area contributed by atoms with Crippen LogP contribution in [0.2, 0.25) is 0 Å². The van der Waals surface area contributed by atoms with Gasteiger partial charge in [0.2, 0.25) is 5.91 Å². The number of carbonyl (C=O) groups is 2. The number of carbonyl (C=O) groups excluding carboxylic acids is 2. The van der Waals surface area contributed by atoms with Crippen LogP contribution in [0.1, 0.15) is 21.5 Å². The van der Waals surface area contributed by atoms with E-state index in [0.717, 1.165) is 28.1 Å². The van der Waals surface area contributed by atoms with Crippen LogP contribution in [0.25, 0.3) is 17.1 Å². The van der Waals surface area contributed by atoms with Gasteiger partial charge in [0, 0.05) is 16.8 Å². The summed E-state index contributed by atoms with van der Waals surface area (Å²) in [5.41, 5.74) is 9.28. The summed E-state index contributed by atoms with van der Waals surface area (Å²) in [7, 11) is 1.62. The number of hydrogen-bond donors (Lipinski definition) is 2. The van der Waals surface area contributed by atoms with Crippen molar-refractivity contribution >= 4 is 23.6 Å². The van der Waals surface area contributed by atoms with Gasteiger partial charge in [-0.2, -0.15) is 0 Å². The molecule has 1 heterocycles. The molecular formula is C26H25N5O3S. The molecule has 4 aromatic rings. The molecule has 35 heavy (non-hydrogen) atoms. The third-order valence-corrected chi connectivity index (χ3v) is 6.16. The van der Waals surface area contributed by atoms with Crippen molar-refractivity contribution in [1.82, 2.24) is 25.6 Å². The fraction of sp³-hybridized carbons (Fsp3) is 0.154. The molecule has 0 bridgehead atoms. The lowest BCUT2D eigenvalue weighted by Gasteiger charge is -2.11. The second-order valence-corrected chi connectivity index (χ2v) is 8.81. The van der Waals surface area contributed by atoms with E-state index in [1.807, 2.05) is 79.1 Å². The Balaban J connectivity index is 1.49. The molecule has 178 valence electrons. The molecule has 0 spiro atoms. The quantitative estimate of drug-likeness (QED) is 0.301. The second kappa shape index (κ2) is 10.9. The van der Waals surface area contributed by atoms with Gasteiger partial charge in [-0.25, -0.2) is 0 Å². The molecule has 4 rings (SSSR count). The van der Waals surface area contributed by atoms with Crippen molar-refractivity contribution in [3.05, 3.63) is 89.5 Å². The average molecular weight is 488 g/mol. The van der Waals surface area contributed by atoms with E-state index in [9.17, 15) is 9.59 Å². The van der Waals surface area contributed by atoms with Crippen molar-refractivity contribution in [2.75, 3.05) is 12.9 Å². The number of ether oxygens (including phenoxy) is 1. The molecule has 0 radical (unpaired) electrons. The van der Waals surface area contributed by atoms with E-state index in [0.29, 0.717) is 16.5 Å². The van der Waals surface area contributed by atoms with Crippen LogP contribution in [0.4, 0.5) is 0 Å². The van der Waals surface area contributed by atoms with Crippen molar-refractivity contribution in [3.63, 3.8) is 0 Å². The first-order valence-electron chi connectivity index (χ1n) is 10.9. The number of hydrazine groups is 1. The molecule has 3 aromatic carbocycles. The molecule has 2 amide bonds. The van der Waals surface area contributed by atoms with Crippen molar-refractivity contribution in [3.8, 4) is 22.8 Å². The predicted octanol–water partition coefficient (Wildman–Crippen LogP) is 4.11. The number of nitrogens with zero attached hydrogens (tertiary/aromatic N) is 3. The summed E-state index contributed by atoms with van der Waals surface area (Å²) in [6.07, 6.45) is 0. The van der Waals surface area contributed by atoms with Crippen molar-refractivity contribution in [1.29, 1.82) is 0 Å².